The van der Waals surface area contributed by atoms with E-state index >= 15 is 0 Å². The maximum Gasteiger partial charge on any atom is 0.472 e. The summed E-state index contributed by atoms with van der Waals surface area (Å²) >= 11 is 0. The van der Waals surface area contributed by atoms with Crippen molar-refractivity contribution in [1.82, 2.24) is 0 Å². The van der Waals surface area contributed by atoms with Crippen molar-refractivity contribution in [2.45, 2.75) is 275 Å². The molecule has 1 aliphatic rings. The van der Waals surface area contributed by atoms with Gasteiger partial charge >= 0.3 is 13.8 Å². The van der Waals surface area contributed by atoms with Crippen LogP contribution >= 0.6 is 7.82 Å². The molecule has 6 atom stereocenters. The molecule has 13 heteroatoms. The highest BCUT2D eigenvalue weighted by molar-refractivity contribution is 7.47. The first kappa shape index (κ1) is 69.5. The molecule has 1 saturated carbocycles. The molecule has 428 valence electrons. The topological polar surface area (TPSA) is 192 Å². The number of carbonyl (C=O) groups is 1. The van der Waals surface area contributed by atoms with Crippen LogP contribution in [0.2, 0.25) is 0 Å². The van der Waals surface area contributed by atoms with Crippen molar-refractivity contribution in [3.8, 4) is 0 Å². The van der Waals surface area contributed by atoms with Crippen molar-refractivity contribution >= 4 is 13.8 Å². The molecule has 74 heavy (non-hydrogen) atoms. The van der Waals surface area contributed by atoms with Crippen LogP contribution in [0.1, 0.15) is 232 Å². The van der Waals surface area contributed by atoms with E-state index in [2.05, 4.69) is 98.9 Å². The second kappa shape index (κ2) is 50.1. The average molecular weight is 1060 g/mol. The summed E-state index contributed by atoms with van der Waals surface area (Å²) in [5.41, 5.74) is 0. The molecule has 0 aromatic heterocycles. The minimum atomic E-state index is -5.04. The van der Waals surface area contributed by atoms with Crippen LogP contribution in [0.3, 0.4) is 0 Å². The highest BCUT2D eigenvalue weighted by Gasteiger charge is 2.51. The SMILES string of the molecule is CC/C=C\C/C=C\C/C=C\C/C=C\C/C=C\CCCCCCCCCC(=O)OC(COCCCCCCCCCCCCCC/C=C\C/C=C\CCCCCCC)COP(=O)(O)OC1C(O)C(O)C(O)C(O)C1O. The summed E-state index contributed by atoms with van der Waals surface area (Å²) in [7, 11) is -5.04. The highest BCUT2D eigenvalue weighted by atomic mass is 31.2. The molecule has 0 aliphatic heterocycles. The van der Waals surface area contributed by atoms with Gasteiger partial charge in [-0.15, -0.1) is 0 Å². The Kier molecular flexibility index (Phi) is 47.0. The van der Waals surface area contributed by atoms with Crippen molar-refractivity contribution in [3.05, 3.63) is 85.1 Å². The number of phosphoric acid groups is 1. The lowest BCUT2D eigenvalue weighted by Gasteiger charge is -2.41. The van der Waals surface area contributed by atoms with Gasteiger partial charge in [-0.05, 0) is 89.9 Å². The number of phosphoric ester groups is 1. The lowest BCUT2D eigenvalue weighted by Crippen LogP contribution is -2.64. The van der Waals surface area contributed by atoms with Crippen LogP contribution in [0.4, 0.5) is 0 Å². The molecule has 0 aromatic rings. The van der Waals surface area contributed by atoms with Gasteiger partial charge in [0.2, 0.25) is 0 Å². The second-order valence-electron chi connectivity index (χ2n) is 20.1. The summed E-state index contributed by atoms with van der Waals surface area (Å²) in [6.45, 7) is 4.15. The molecule has 0 saturated heterocycles. The maximum atomic E-state index is 12.9. The van der Waals surface area contributed by atoms with Crippen LogP contribution in [0.25, 0.3) is 0 Å². The Morgan fingerprint density at radius 1 is 0.446 bits per heavy atom. The second-order valence-corrected chi connectivity index (χ2v) is 21.5. The summed E-state index contributed by atoms with van der Waals surface area (Å²) in [4.78, 5) is 23.3. The zero-order valence-corrected chi connectivity index (χ0v) is 47.3. The Morgan fingerprint density at radius 2 is 0.797 bits per heavy atom. The third-order valence-electron chi connectivity index (χ3n) is 13.3. The van der Waals surface area contributed by atoms with E-state index in [-0.39, 0.29) is 13.0 Å². The normalized spacial score (nSPS) is 21.0. The van der Waals surface area contributed by atoms with Crippen molar-refractivity contribution in [1.29, 1.82) is 0 Å². The fourth-order valence-corrected chi connectivity index (χ4v) is 9.62. The number of aliphatic hydroxyl groups is 5. The van der Waals surface area contributed by atoms with Crippen molar-refractivity contribution in [3.63, 3.8) is 0 Å². The first-order valence-electron chi connectivity index (χ1n) is 29.4. The minimum absolute atomic E-state index is 0.0860. The van der Waals surface area contributed by atoms with Gasteiger partial charge in [-0.1, -0.05) is 221 Å². The minimum Gasteiger partial charge on any atom is -0.457 e. The van der Waals surface area contributed by atoms with Crippen LogP contribution < -0.4 is 0 Å². The summed E-state index contributed by atoms with van der Waals surface area (Å²) < 4.78 is 34.4. The number of allylic oxidation sites excluding steroid dienone is 14. The number of ether oxygens (including phenoxy) is 2. The van der Waals surface area contributed by atoms with Crippen molar-refractivity contribution in [2.75, 3.05) is 19.8 Å². The zero-order valence-electron chi connectivity index (χ0n) is 46.4. The maximum absolute atomic E-state index is 12.9. The van der Waals surface area contributed by atoms with Gasteiger partial charge in [0.15, 0.2) is 0 Å². The standard InChI is InChI=1S/C61H107O12P/c1-3-5-7-9-11-13-15-17-19-21-23-25-27-29-31-33-35-37-39-41-43-45-47-49-51-70-52-54(53-71-74(68,69)73-61-59(66)57(64)56(63)58(65)60(61)67)72-55(62)50-48-46-44-42-40-38-36-34-32-30-28-26-24-22-20-18-16-14-12-10-8-6-4-2/h6,8,12,14-15,17-18,20-21,23-24,26,30,32,54,56-61,63-67H,3-5,7,9-11,13,16,19,22,25,27-29,31,33-53H2,1-2H3,(H,68,69)/b8-6-,14-12-,17-15-,20-18-,23-21-,26-24-,32-30-. The Labute approximate surface area is 450 Å². The summed E-state index contributed by atoms with van der Waals surface area (Å²) in [5, 5.41) is 50.5. The molecule has 0 aromatic carbocycles. The van der Waals surface area contributed by atoms with E-state index in [0.717, 1.165) is 103 Å². The number of hydrogen-bond acceptors (Lipinski definition) is 11. The number of esters is 1. The third kappa shape index (κ3) is 40.7. The number of unbranched alkanes of at least 4 members (excludes halogenated alkanes) is 24. The summed E-state index contributed by atoms with van der Waals surface area (Å²) in [6, 6.07) is 0. The number of aliphatic hydroxyl groups excluding tert-OH is 5. The van der Waals surface area contributed by atoms with Gasteiger partial charge in [-0.25, -0.2) is 4.57 Å². The zero-order chi connectivity index (χ0) is 54.0. The molecule has 0 heterocycles. The van der Waals surface area contributed by atoms with Crippen molar-refractivity contribution < 1.29 is 58.3 Å². The van der Waals surface area contributed by atoms with Crippen LogP contribution in [-0.2, 0) is 27.9 Å². The van der Waals surface area contributed by atoms with Gasteiger partial charge in [0.05, 0.1) is 13.2 Å². The van der Waals surface area contributed by atoms with Crippen molar-refractivity contribution in [2.24, 2.45) is 0 Å². The molecule has 0 amide bonds. The molecule has 0 radical (unpaired) electrons. The first-order valence-corrected chi connectivity index (χ1v) is 30.9. The van der Waals surface area contributed by atoms with Crippen LogP contribution in [0, 0.1) is 0 Å². The predicted molar refractivity (Wildman–Crippen MR) is 304 cm³/mol. The van der Waals surface area contributed by atoms with Crippen LogP contribution in [0.5, 0.6) is 0 Å². The Morgan fingerprint density at radius 3 is 1.22 bits per heavy atom. The average Bonchev–Trinajstić information content (AvgIpc) is 3.39. The van der Waals surface area contributed by atoms with E-state index in [1.54, 1.807) is 0 Å². The van der Waals surface area contributed by atoms with E-state index in [1.807, 2.05) is 0 Å². The van der Waals surface area contributed by atoms with E-state index in [0.29, 0.717) is 13.0 Å². The molecule has 6 N–H and O–H groups in total. The summed E-state index contributed by atoms with van der Waals surface area (Å²) in [6.07, 6.45) is 56.4. The largest absolute Gasteiger partial charge is 0.472 e. The van der Waals surface area contributed by atoms with Crippen LogP contribution in [-0.4, -0.2) is 98.9 Å². The van der Waals surface area contributed by atoms with Gasteiger partial charge in [-0.3, -0.25) is 13.8 Å². The lowest BCUT2D eigenvalue weighted by molar-refractivity contribution is -0.220. The molecule has 0 spiro atoms. The van der Waals surface area contributed by atoms with Gasteiger partial charge in [0.25, 0.3) is 0 Å². The van der Waals surface area contributed by atoms with Gasteiger partial charge in [0, 0.05) is 13.0 Å². The fourth-order valence-electron chi connectivity index (χ4n) is 8.65. The number of hydrogen-bond donors (Lipinski definition) is 6. The smallest absolute Gasteiger partial charge is 0.457 e. The predicted octanol–water partition coefficient (Wildman–Crippen LogP) is 14.4. The first-order chi connectivity index (χ1) is 36.0. The van der Waals surface area contributed by atoms with E-state index in [4.69, 9.17) is 18.5 Å². The van der Waals surface area contributed by atoms with Gasteiger partial charge in [-0.2, -0.15) is 0 Å². The molecule has 1 fully saturated rings. The Balaban J connectivity index is 2.29. The summed E-state index contributed by atoms with van der Waals surface area (Å²) in [5.74, 6) is -0.489. The van der Waals surface area contributed by atoms with E-state index < -0.39 is 63.1 Å². The lowest BCUT2D eigenvalue weighted by atomic mass is 9.85. The molecule has 1 aliphatic carbocycles. The Bertz CT molecular complexity index is 1540. The molecular formula is C61H107O12P. The molecule has 6 unspecified atom stereocenters. The molecule has 1 rings (SSSR count). The number of carbonyl (C=O) groups excluding carboxylic acids is 1. The van der Waals surface area contributed by atoms with E-state index in [1.165, 1.54) is 103 Å². The molecule has 0 bridgehead atoms. The molecular weight excluding hydrogens is 956 g/mol. The Hall–Kier alpha value is -2.48. The number of rotatable bonds is 50. The fraction of sp³-hybridized carbons (Fsp3) is 0.754. The van der Waals surface area contributed by atoms with Gasteiger partial charge < -0.3 is 39.9 Å². The van der Waals surface area contributed by atoms with Gasteiger partial charge in [0.1, 0.15) is 42.7 Å². The molecule has 12 nitrogen and oxygen atoms in total. The monoisotopic (exact) mass is 1060 g/mol. The highest BCUT2D eigenvalue weighted by Crippen LogP contribution is 2.47. The van der Waals surface area contributed by atoms with E-state index in [9.17, 15) is 39.8 Å². The third-order valence-corrected chi connectivity index (χ3v) is 14.2. The van der Waals surface area contributed by atoms with Crippen LogP contribution in [0.15, 0.2) is 85.1 Å². The quantitative estimate of drug-likeness (QED) is 0.0146.